The van der Waals surface area contributed by atoms with Crippen LogP contribution in [-0.4, -0.2) is 47.4 Å². The molecule has 2 rings (SSSR count). The number of hydrogen-bond acceptors (Lipinski definition) is 5. The van der Waals surface area contributed by atoms with Crippen molar-refractivity contribution >= 4 is 41.1 Å². The van der Waals surface area contributed by atoms with Crippen LogP contribution in [0.4, 0.5) is 10.5 Å². The highest BCUT2D eigenvalue weighted by Gasteiger charge is 2.47. The predicted molar refractivity (Wildman–Crippen MR) is 99.5 cm³/mol. The molecule has 0 spiro atoms. The van der Waals surface area contributed by atoms with Gasteiger partial charge in [-0.1, -0.05) is 24.6 Å². The Kier molecular flexibility index (Phi) is 6.10. The van der Waals surface area contributed by atoms with Crippen molar-refractivity contribution in [3.63, 3.8) is 0 Å². The van der Waals surface area contributed by atoms with Crippen LogP contribution in [0, 0.1) is 13.8 Å². The number of aryl methyl sites for hydroxylation is 2. The second-order valence-electron chi connectivity index (χ2n) is 6.65. The average molecular weight is 396 g/mol. The molecule has 1 aromatic rings. The van der Waals surface area contributed by atoms with Crippen LogP contribution in [0.3, 0.4) is 0 Å². The highest BCUT2D eigenvalue weighted by Crippen LogP contribution is 2.27. The predicted octanol–water partition coefficient (Wildman–Crippen LogP) is 2.16. The first-order valence-electron chi connectivity index (χ1n) is 8.43. The van der Waals surface area contributed by atoms with Gasteiger partial charge >= 0.3 is 12.0 Å². The van der Waals surface area contributed by atoms with Crippen molar-refractivity contribution < 1.29 is 23.9 Å². The van der Waals surface area contributed by atoms with Gasteiger partial charge in [0.15, 0.2) is 6.61 Å². The summed E-state index contributed by atoms with van der Waals surface area (Å²) in [4.78, 5) is 48.8. The molecule has 1 aromatic carbocycles. The first-order valence-corrected chi connectivity index (χ1v) is 8.81. The summed E-state index contributed by atoms with van der Waals surface area (Å²) in [5.41, 5.74) is 1.14. The van der Waals surface area contributed by atoms with Crippen LogP contribution in [0.5, 0.6) is 0 Å². The van der Waals surface area contributed by atoms with Crippen molar-refractivity contribution in [3.8, 4) is 0 Å². The van der Waals surface area contributed by atoms with Crippen LogP contribution in [0.25, 0.3) is 0 Å². The van der Waals surface area contributed by atoms with Gasteiger partial charge in [-0.15, -0.1) is 0 Å². The molecule has 1 heterocycles. The summed E-state index contributed by atoms with van der Waals surface area (Å²) in [5.74, 6) is -1.94. The van der Waals surface area contributed by atoms with E-state index in [4.69, 9.17) is 16.3 Å². The highest BCUT2D eigenvalue weighted by molar-refractivity contribution is 6.34. The minimum Gasteiger partial charge on any atom is -0.454 e. The molecule has 4 amide bonds. The number of nitrogens with zero attached hydrogens (tertiary/aromatic N) is 1. The molecule has 1 aliphatic heterocycles. The summed E-state index contributed by atoms with van der Waals surface area (Å²) in [6.07, 6.45) is 0.391. The topological polar surface area (TPSA) is 105 Å². The quantitative estimate of drug-likeness (QED) is 0.567. The van der Waals surface area contributed by atoms with Crippen LogP contribution >= 0.6 is 11.6 Å². The minimum absolute atomic E-state index is 0.380. The number of halogens is 1. The van der Waals surface area contributed by atoms with Gasteiger partial charge in [0.05, 0.1) is 10.7 Å². The van der Waals surface area contributed by atoms with E-state index in [1.807, 2.05) is 13.0 Å². The van der Waals surface area contributed by atoms with E-state index in [2.05, 4.69) is 10.6 Å². The Bertz CT molecular complexity index is 787. The SMILES string of the molecule is CCC1(C)NC(=O)N(CC(=O)OCC(=O)Nc2c(C)cc(C)cc2Cl)C1=O. The lowest BCUT2D eigenvalue weighted by Crippen LogP contribution is -2.43. The molecule has 2 N–H and O–H groups in total. The van der Waals surface area contributed by atoms with E-state index < -0.39 is 42.5 Å². The molecule has 1 atom stereocenters. The van der Waals surface area contributed by atoms with Gasteiger partial charge < -0.3 is 15.4 Å². The molecular formula is C18H22ClN3O5. The maximum Gasteiger partial charge on any atom is 0.326 e. The van der Waals surface area contributed by atoms with Crippen molar-refractivity contribution in [2.75, 3.05) is 18.5 Å². The van der Waals surface area contributed by atoms with E-state index in [1.54, 1.807) is 26.8 Å². The number of imide groups is 1. The van der Waals surface area contributed by atoms with Gasteiger partial charge in [0, 0.05) is 0 Å². The Hall–Kier alpha value is -2.61. The van der Waals surface area contributed by atoms with Crippen LogP contribution in [0.2, 0.25) is 5.02 Å². The van der Waals surface area contributed by atoms with Gasteiger partial charge in [0.1, 0.15) is 12.1 Å². The lowest BCUT2D eigenvalue weighted by atomic mass is 9.99. The number of anilines is 1. The third kappa shape index (κ3) is 4.57. The molecule has 9 heteroatoms. The molecule has 1 aliphatic rings. The van der Waals surface area contributed by atoms with E-state index >= 15 is 0 Å². The zero-order valence-corrected chi connectivity index (χ0v) is 16.4. The Morgan fingerprint density at radius 1 is 1.30 bits per heavy atom. The zero-order chi connectivity index (χ0) is 20.4. The Morgan fingerprint density at radius 3 is 2.52 bits per heavy atom. The van der Waals surface area contributed by atoms with Gasteiger partial charge in [-0.05, 0) is 44.4 Å². The largest absolute Gasteiger partial charge is 0.454 e. The summed E-state index contributed by atoms with van der Waals surface area (Å²) in [6, 6.07) is 2.90. The number of carbonyl (C=O) groups is 4. The van der Waals surface area contributed by atoms with Crippen LogP contribution < -0.4 is 10.6 Å². The number of nitrogens with one attached hydrogen (secondary N) is 2. The van der Waals surface area contributed by atoms with Crippen molar-refractivity contribution in [2.45, 2.75) is 39.7 Å². The van der Waals surface area contributed by atoms with Gasteiger partial charge in [0.25, 0.3) is 11.8 Å². The third-order valence-electron chi connectivity index (χ3n) is 4.40. The highest BCUT2D eigenvalue weighted by atomic mass is 35.5. The average Bonchev–Trinajstić information content (AvgIpc) is 2.80. The number of esters is 1. The number of ether oxygens (including phenoxy) is 1. The van der Waals surface area contributed by atoms with Gasteiger partial charge in [-0.25, -0.2) is 4.79 Å². The van der Waals surface area contributed by atoms with Crippen molar-refractivity contribution in [3.05, 3.63) is 28.3 Å². The second-order valence-corrected chi connectivity index (χ2v) is 7.06. The van der Waals surface area contributed by atoms with Crippen LogP contribution in [0.1, 0.15) is 31.4 Å². The Morgan fingerprint density at radius 2 is 1.96 bits per heavy atom. The lowest BCUT2D eigenvalue weighted by molar-refractivity contribution is -0.150. The summed E-state index contributed by atoms with van der Waals surface area (Å²) in [6.45, 7) is 5.89. The summed E-state index contributed by atoms with van der Waals surface area (Å²) in [5, 5.41) is 5.50. The molecule has 146 valence electrons. The van der Waals surface area contributed by atoms with Gasteiger partial charge in [-0.3, -0.25) is 19.3 Å². The van der Waals surface area contributed by atoms with Crippen molar-refractivity contribution in [1.82, 2.24) is 10.2 Å². The fraction of sp³-hybridized carbons (Fsp3) is 0.444. The van der Waals surface area contributed by atoms with Crippen LogP contribution in [0.15, 0.2) is 12.1 Å². The monoisotopic (exact) mass is 395 g/mol. The molecule has 1 saturated heterocycles. The Balaban J connectivity index is 1.90. The van der Waals surface area contributed by atoms with E-state index in [9.17, 15) is 19.2 Å². The van der Waals surface area contributed by atoms with Crippen molar-refractivity contribution in [1.29, 1.82) is 0 Å². The fourth-order valence-electron chi connectivity index (χ4n) is 2.70. The van der Waals surface area contributed by atoms with Gasteiger partial charge in [0.2, 0.25) is 0 Å². The fourth-order valence-corrected chi connectivity index (χ4v) is 3.07. The second kappa shape index (κ2) is 7.96. The first kappa shape index (κ1) is 20.7. The summed E-state index contributed by atoms with van der Waals surface area (Å²) in [7, 11) is 0. The maximum absolute atomic E-state index is 12.2. The summed E-state index contributed by atoms with van der Waals surface area (Å²) >= 11 is 6.12. The van der Waals surface area contributed by atoms with Crippen molar-refractivity contribution in [2.24, 2.45) is 0 Å². The Labute approximate surface area is 162 Å². The molecule has 0 aromatic heterocycles. The molecule has 1 unspecified atom stereocenters. The molecular weight excluding hydrogens is 374 g/mol. The standard InChI is InChI=1S/C18H22ClN3O5/c1-5-18(4)16(25)22(17(26)21-18)8-14(24)27-9-13(23)20-15-11(3)6-10(2)7-12(15)19/h6-7H,5,8-9H2,1-4H3,(H,20,23)(H,21,26). The summed E-state index contributed by atoms with van der Waals surface area (Å²) < 4.78 is 4.87. The zero-order valence-electron chi connectivity index (χ0n) is 15.6. The molecule has 0 bridgehead atoms. The molecule has 1 fully saturated rings. The van der Waals surface area contributed by atoms with E-state index in [0.717, 1.165) is 16.0 Å². The van der Waals surface area contributed by atoms with E-state index in [-0.39, 0.29) is 0 Å². The van der Waals surface area contributed by atoms with Gasteiger partial charge in [-0.2, -0.15) is 0 Å². The number of carbonyl (C=O) groups excluding carboxylic acids is 4. The number of urea groups is 1. The number of rotatable bonds is 6. The van der Waals surface area contributed by atoms with Crippen LogP contribution in [-0.2, 0) is 19.1 Å². The first-order chi connectivity index (χ1) is 12.6. The molecule has 0 aliphatic carbocycles. The molecule has 0 radical (unpaired) electrons. The normalized spacial score (nSPS) is 19.1. The smallest absolute Gasteiger partial charge is 0.326 e. The number of hydrogen-bond donors (Lipinski definition) is 2. The van der Waals surface area contributed by atoms with E-state index in [1.165, 1.54) is 0 Å². The third-order valence-corrected chi connectivity index (χ3v) is 4.70. The molecule has 27 heavy (non-hydrogen) atoms. The molecule has 0 saturated carbocycles. The van der Waals surface area contributed by atoms with E-state index in [0.29, 0.717) is 17.1 Å². The maximum atomic E-state index is 12.2. The molecule has 8 nitrogen and oxygen atoms in total. The number of benzene rings is 1. The minimum atomic E-state index is -1.03. The number of amides is 4. The lowest BCUT2D eigenvalue weighted by Gasteiger charge is -2.18.